The topological polar surface area (TPSA) is 49.3 Å². The Bertz CT molecular complexity index is 428. The molecule has 1 aliphatic rings. The Balaban J connectivity index is 1.81. The van der Waals surface area contributed by atoms with E-state index >= 15 is 0 Å². The average molecular weight is 259 g/mol. The van der Waals surface area contributed by atoms with Crippen LogP contribution in [0, 0.1) is 5.92 Å². The number of carbonyl (C=O) groups excluding carboxylic acids is 1. The van der Waals surface area contributed by atoms with Gasteiger partial charge in [-0.25, -0.2) is 0 Å². The molecule has 1 aromatic carbocycles. The molecule has 0 saturated carbocycles. The molecule has 2 atom stereocenters. The van der Waals surface area contributed by atoms with Gasteiger partial charge in [-0.1, -0.05) is 42.5 Å². The number of carbonyl (C=O) groups is 1. The summed E-state index contributed by atoms with van der Waals surface area (Å²) < 4.78 is 0. The van der Waals surface area contributed by atoms with Gasteiger partial charge in [-0.05, 0) is 30.7 Å². The zero-order valence-corrected chi connectivity index (χ0v) is 11.1. The summed E-state index contributed by atoms with van der Waals surface area (Å²) >= 11 is 0. The molecule has 0 spiro atoms. The van der Waals surface area contributed by atoms with Gasteiger partial charge in [0.25, 0.3) is 0 Å². The SMILES string of the molecule is O=C(CC1C=CCC1)N[C@@H](CO)Cc1ccccc1. The molecule has 0 radical (unpaired) electrons. The molecule has 2 rings (SSSR count). The molecule has 0 fully saturated rings. The molecule has 102 valence electrons. The van der Waals surface area contributed by atoms with Gasteiger partial charge in [0.05, 0.1) is 12.6 Å². The minimum absolute atomic E-state index is 0.0266. The zero-order chi connectivity index (χ0) is 13.5. The van der Waals surface area contributed by atoms with Crippen molar-refractivity contribution >= 4 is 5.91 Å². The van der Waals surface area contributed by atoms with Gasteiger partial charge in [0, 0.05) is 6.42 Å². The van der Waals surface area contributed by atoms with Crippen LogP contribution in [0.25, 0.3) is 0 Å². The van der Waals surface area contributed by atoms with Crippen molar-refractivity contribution in [3.8, 4) is 0 Å². The van der Waals surface area contributed by atoms with Crippen LogP contribution in [0.15, 0.2) is 42.5 Å². The second-order valence-corrected chi connectivity index (χ2v) is 5.11. The molecule has 0 aromatic heterocycles. The molecule has 0 aliphatic heterocycles. The minimum atomic E-state index is -0.194. The molecule has 1 aromatic rings. The highest BCUT2D eigenvalue weighted by Crippen LogP contribution is 2.20. The molecule has 0 bridgehead atoms. The molecule has 0 saturated heterocycles. The maximum Gasteiger partial charge on any atom is 0.220 e. The monoisotopic (exact) mass is 259 g/mol. The van der Waals surface area contributed by atoms with Crippen LogP contribution in [-0.2, 0) is 11.2 Å². The van der Waals surface area contributed by atoms with Crippen molar-refractivity contribution in [1.29, 1.82) is 0 Å². The smallest absolute Gasteiger partial charge is 0.220 e. The van der Waals surface area contributed by atoms with Crippen molar-refractivity contribution in [2.75, 3.05) is 6.61 Å². The maximum atomic E-state index is 11.9. The number of allylic oxidation sites excluding steroid dienone is 2. The Labute approximate surface area is 114 Å². The summed E-state index contributed by atoms with van der Waals surface area (Å²) in [6.45, 7) is -0.0266. The Morgan fingerprint density at radius 1 is 1.37 bits per heavy atom. The predicted octanol–water partition coefficient (Wildman–Crippen LogP) is 2.06. The zero-order valence-electron chi connectivity index (χ0n) is 11.1. The first-order chi connectivity index (χ1) is 9.28. The van der Waals surface area contributed by atoms with Gasteiger partial charge in [-0.15, -0.1) is 0 Å². The van der Waals surface area contributed by atoms with E-state index in [1.807, 2.05) is 30.3 Å². The minimum Gasteiger partial charge on any atom is -0.394 e. The van der Waals surface area contributed by atoms with Crippen LogP contribution in [0.5, 0.6) is 0 Å². The lowest BCUT2D eigenvalue weighted by atomic mass is 10.0. The van der Waals surface area contributed by atoms with E-state index in [9.17, 15) is 9.90 Å². The van der Waals surface area contributed by atoms with Crippen molar-refractivity contribution in [1.82, 2.24) is 5.32 Å². The lowest BCUT2D eigenvalue weighted by Gasteiger charge is -2.17. The van der Waals surface area contributed by atoms with Crippen LogP contribution < -0.4 is 5.32 Å². The van der Waals surface area contributed by atoms with E-state index in [1.165, 1.54) is 0 Å². The molecule has 3 heteroatoms. The standard InChI is InChI=1S/C16H21NO2/c18-12-15(10-13-6-2-1-3-7-13)17-16(19)11-14-8-4-5-9-14/h1-4,6-8,14-15,18H,5,9-12H2,(H,17,19)/t14?,15-/m1/s1. The van der Waals surface area contributed by atoms with Gasteiger partial charge in [0.2, 0.25) is 5.91 Å². The number of rotatable bonds is 6. The van der Waals surface area contributed by atoms with E-state index in [2.05, 4.69) is 17.5 Å². The molecule has 19 heavy (non-hydrogen) atoms. The summed E-state index contributed by atoms with van der Waals surface area (Å²) in [5.41, 5.74) is 1.13. The second-order valence-electron chi connectivity index (χ2n) is 5.11. The summed E-state index contributed by atoms with van der Waals surface area (Å²) in [5, 5.41) is 12.3. The first-order valence-electron chi connectivity index (χ1n) is 6.88. The van der Waals surface area contributed by atoms with E-state index < -0.39 is 0 Å². The van der Waals surface area contributed by atoms with Crippen molar-refractivity contribution in [2.45, 2.75) is 31.7 Å². The highest BCUT2D eigenvalue weighted by molar-refractivity contribution is 5.76. The van der Waals surface area contributed by atoms with E-state index in [4.69, 9.17) is 0 Å². The van der Waals surface area contributed by atoms with Gasteiger partial charge in [-0.3, -0.25) is 4.79 Å². The first-order valence-corrected chi connectivity index (χ1v) is 6.88. The largest absolute Gasteiger partial charge is 0.394 e. The summed E-state index contributed by atoms with van der Waals surface area (Å²) in [4.78, 5) is 11.9. The number of benzene rings is 1. The molecule has 2 N–H and O–H groups in total. The fourth-order valence-corrected chi connectivity index (χ4v) is 2.45. The molecule has 1 amide bonds. The third-order valence-corrected chi connectivity index (χ3v) is 3.47. The van der Waals surface area contributed by atoms with Crippen LogP contribution in [-0.4, -0.2) is 23.7 Å². The lowest BCUT2D eigenvalue weighted by molar-refractivity contribution is -0.122. The van der Waals surface area contributed by atoms with Gasteiger partial charge in [0.15, 0.2) is 0 Å². The Kier molecular flexibility index (Phi) is 5.16. The predicted molar refractivity (Wildman–Crippen MR) is 75.6 cm³/mol. The fourth-order valence-electron chi connectivity index (χ4n) is 2.45. The van der Waals surface area contributed by atoms with E-state index in [-0.39, 0.29) is 18.6 Å². The van der Waals surface area contributed by atoms with Crippen LogP contribution >= 0.6 is 0 Å². The van der Waals surface area contributed by atoms with Crippen molar-refractivity contribution in [3.05, 3.63) is 48.0 Å². The fraction of sp³-hybridized carbons (Fsp3) is 0.438. The number of amides is 1. The Hall–Kier alpha value is -1.61. The van der Waals surface area contributed by atoms with Gasteiger partial charge >= 0.3 is 0 Å². The number of hydrogen-bond donors (Lipinski definition) is 2. The third kappa shape index (κ3) is 4.52. The van der Waals surface area contributed by atoms with E-state index in [0.29, 0.717) is 18.8 Å². The summed E-state index contributed by atoms with van der Waals surface area (Å²) in [6.07, 6.45) is 7.59. The maximum absolute atomic E-state index is 11.9. The summed E-state index contributed by atoms with van der Waals surface area (Å²) in [5.74, 6) is 0.405. The van der Waals surface area contributed by atoms with Crippen molar-refractivity contribution < 1.29 is 9.90 Å². The van der Waals surface area contributed by atoms with Crippen LogP contribution in [0.1, 0.15) is 24.8 Å². The molecule has 3 nitrogen and oxygen atoms in total. The molecule has 0 heterocycles. The number of aliphatic hydroxyl groups excluding tert-OH is 1. The van der Waals surface area contributed by atoms with E-state index in [0.717, 1.165) is 18.4 Å². The number of nitrogens with one attached hydrogen (secondary N) is 1. The molecular formula is C16H21NO2. The molecular weight excluding hydrogens is 238 g/mol. The summed E-state index contributed by atoms with van der Waals surface area (Å²) in [7, 11) is 0. The molecule has 1 aliphatic carbocycles. The lowest BCUT2D eigenvalue weighted by Crippen LogP contribution is -2.39. The van der Waals surface area contributed by atoms with E-state index in [1.54, 1.807) is 0 Å². The van der Waals surface area contributed by atoms with Gasteiger partial charge in [-0.2, -0.15) is 0 Å². The number of aliphatic hydroxyl groups is 1. The number of hydrogen-bond acceptors (Lipinski definition) is 2. The normalized spacial score (nSPS) is 19.3. The Morgan fingerprint density at radius 2 is 2.16 bits per heavy atom. The van der Waals surface area contributed by atoms with Crippen molar-refractivity contribution in [3.63, 3.8) is 0 Å². The second kappa shape index (κ2) is 7.10. The van der Waals surface area contributed by atoms with Crippen LogP contribution in [0.3, 0.4) is 0 Å². The van der Waals surface area contributed by atoms with Gasteiger partial charge in [0.1, 0.15) is 0 Å². The first kappa shape index (κ1) is 13.8. The molecule has 1 unspecified atom stereocenters. The Morgan fingerprint density at radius 3 is 2.79 bits per heavy atom. The van der Waals surface area contributed by atoms with Crippen molar-refractivity contribution in [2.24, 2.45) is 5.92 Å². The quantitative estimate of drug-likeness (QED) is 0.768. The van der Waals surface area contributed by atoms with Crippen LogP contribution in [0.4, 0.5) is 0 Å². The average Bonchev–Trinajstić information content (AvgIpc) is 2.92. The highest BCUT2D eigenvalue weighted by atomic mass is 16.3. The van der Waals surface area contributed by atoms with Gasteiger partial charge < -0.3 is 10.4 Å². The van der Waals surface area contributed by atoms with Crippen LogP contribution in [0.2, 0.25) is 0 Å². The summed E-state index contributed by atoms with van der Waals surface area (Å²) in [6, 6.07) is 9.72. The third-order valence-electron chi connectivity index (χ3n) is 3.47. The highest BCUT2D eigenvalue weighted by Gasteiger charge is 2.17.